The van der Waals surface area contributed by atoms with Gasteiger partial charge in [0.2, 0.25) is 10.0 Å². The van der Waals surface area contributed by atoms with Gasteiger partial charge in [0, 0.05) is 13.6 Å². The fourth-order valence-corrected chi connectivity index (χ4v) is 4.26. The predicted molar refractivity (Wildman–Crippen MR) is 82.2 cm³/mol. The average Bonchev–Trinajstić information content (AvgIpc) is 2.81. The first-order valence-corrected chi connectivity index (χ1v) is 8.53. The van der Waals surface area contributed by atoms with Crippen LogP contribution in [0.1, 0.15) is 17.0 Å². The van der Waals surface area contributed by atoms with Gasteiger partial charge in [-0.25, -0.2) is 8.42 Å². The number of benzene rings is 1. The third kappa shape index (κ3) is 2.40. The van der Waals surface area contributed by atoms with Crippen molar-refractivity contribution in [1.29, 1.82) is 0 Å². The van der Waals surface area contributed by atoms with Crippen molar-refractivity contribution in [2.24, 2.45) is 7.05 Å². The second-order valence-corrected chi connectivity index (χ2v) is 7.34. The number of ether oxygens (including phenoxy) is 1. The molecular formula is C15H19N3O3S. The molecule has 1 aromatic carbocycles. The molecule has 6 nitrogen and oxygen atoms in total. The highest BCUT2D eigenvalue weighted by atomic mass is 32.2. The molecule has 1 aliphatic heterocycles. The van der Waals surface area contributed by atoms with Crippen LogP contribution >= 0.6 is 0 Å². The van der Waals surface area contributed by atoms with Crippen molar-refractivity contribution in [1.82, 2.24) is 14.1 Å². The Morgan fingerprint density at radius 3 is 2.55 bits per heavy atom. The minimum Gasteiger partial charge on any atom is -0.497 e. The molecule has 7 heteroatoms. The summed E-state index contributed by atoms with van der Waals surface area (Å²) < 4.78 is 33.9. The van der Waals surface area contributed by atoms with Crippen LogP contribution < -0.4 is 4.74 Å². The van der Waals surface area contributed by atoms with E-state index in [-0.39, 0.29) is 4.90 Å². The van der Waals surface area contributed by atoms with E-state index in [1.807, 2.05) is 14.0 Å². The van der Waals surface area contributed by atoms with Crippen LogP contribution in [0, 0.1) is 6.92 Å². The Morgan fingerprint density at radius 2 is 1.91 bits per heavy atom. The molecule has 1 aromatic heterocycles. The summed E-state index contributed by atoms with van der Waals surface area (Å²) >= 11 is 0. The van der Waals surface area contributed by atoms with E-state index in [1.54, 1.807) is 36.1 Å². The first-order valence-electron chi connectivity index (χ1n) is 7.09. The molecule has 2 aromatic rings. The van der Waals surface area contributed by atoms with Gasteiger partial charge in [-0.2, -0.15) is 9.40 Å². The van der Waals surface area contributed by atoms with E-state index in [1.165, 1.54) is 9.87 Å². The summed E-state index contributed by atoms with van der Waals surface area (Å²) in [5.41, 5.74) is 3.13. The third-order valence-corrected chi connectivity index (χ3v) is 5.97. The number of nitrogens with zero attached hydrogens (tertiary/aromatic N) is 3. The van der Waals surface area contributed by atoms with E-state index >= 15 is 0 Å². The van der Waals surface area contributed by atoms with Crippen molar-refractivity contribution in [2.45, 2.75) is 24.8 Å². The maximum absolute atomic E-state index is 12.8. The SMILES string of the molecule is COc1ccc(S(=O)(=O)N2CCc3c(C)nn(C)c3C2)cc1. The van der Waals surface area contributed by atoms with E-state index in [0.717, 1.165) is 11.4 Å². The van der Waals surface area contributed by atoms with Crippen molar-refractivity contribution >= 4 is 10.0 Å². The number of aromatic nitrogens is 2. The Hall–Kier alpha value is -1.86. The van der Waals surface area contributed by atoms with Crippen LogP contribution in [0.3, 0.4) is 0 Å². The maximum Gasteiger partial charge on any atom is 0.243 e. The average molecular weight is 321 g/mol. The molecule has 0 saturated carbocycles. The molecule has 1 aliphatic rings. The quantitative estimate of drug-likeness (QED) is 0.859. The van der Waals surface area contributed by atoms with E-state index in [4.69, 9.17) is 4.74 Å². The summed E-state index contributed by atoms with van der Waals surface area (Å²) in [6, 6.07) is 6.49. The zero-order chi connectivity index (χ0) is 15.9. The monoisotopic (exact) mass is 321 g/mol. The van der Waals surface area contributed by atoms with Gasteiger partial charge >= 0.3 is 0 Å². The van der Waals surface area contributed by atoms with E-state index in [9.17, 15) is 8.42 Å². The molecule has 0 radical (unpaired) electrons. The van der Waals surface area contributed by atoms with Crippen LogP contribution in [0.25, 0.3) is 0 Å². The zero-order valence-electron chi connectivity index (χ0n) is 12.9. The molecule has 0 atom stereocenters. The molecule has 0 aliphatic carbocycles. The van der Waals surface area contributed by atoms with Gasteiger partial charge in [-0.15, -0.1) is 0 Å². The standard InChI is InChI=1S/C15H19N3O3S/c1-11-14-8-9-18(10-15(14)17(2)16-11)22(19,20)13-6-4-12(21-3)5-7-13/h4-7H,8-10H2,1-3H3. The Morgan fingerprint density at radius 1 is 1.23 bits per heavy atom. The summed E-state index contributed by atoms with van der Waals surface area (Å²) in [5.74, 6) is 0.641. The van der Waals surface area contributed by atoms with Gasteiger partial charge < -0.3 is 4.74 Å². The van der Waals surface area contributed by atoms with Crippen LogP contribution in [0.15, 0.2) is 29.2 Å². The van der Waals surface area contributed by atoms with Gasteiger partial charge in [0.1, 0.15) is 5.75 Å². The number of rotatable bonds is 3. The van der Waals surface area contributed by atoms with Crippen molar-refractivity contribution in [3.63, 3.8) is 0 Å². The van der Waals surface area contributed by atoms with Crippen LogP contribution in [0.2, 0.25) is 0 Å². The number of sulfonamides is 1. The molecule has 0 amide bonds. The molecule has 0 fully saturated rings. The molecule has 22 heavy (non-hydrogen) atoms. The molecule has 118 valence electrons. The van der Waals surface area contributed by atoms with Gasteiger partial charge in [0.25, 0.3) is 0 Å². The zero-order valence-corrected chi connectivity index (χ0v) is 13.7. The molecule has 0 unspecified atom stereocenters. The van der Waals surface area contributed by atoms with Crippen molar-refractivity contribution in [3.8, 4) is 5.75 Å². The predicted octanol–water partition coefficient (Wildman–Crippen LogP) is 1.48. The van der Waals surface area contributed by atoms with Gasteiger partial charge in [0.15, 0.2) is 0 Å². The summed E-state index contributed by atoms with van der Waals surface area (Å²) in [7, 11) is -0.0881. The summed E-state index contributed by atoms with van der Waals surface area (Å²) in [5, 5.41) is 4.38. The highest BCUT2D eigenvalue weighted by Gasteiger charge is 2.31. The number of hydrogen-bond donors (Lipinski definition) is 0. The van der Waals surface area contributed by atoms with Crippen LogP contribution in [-0.2, 0) is 30.0 Å². The van der Waals surface area contributed by atoms with Crippen LogP contribution in [-0.4, -0.2) is 36.2 Å². The molecule has 0 saturated heterocycles. The summed E-state index contributed by atoms with van der Waals surface area (Å²) in [4.78, 5) is 0.288. The molecular weight excluding hydrogens is 302 g/mol. The van der Waals surface area contributed by atoms with Gasteiger partial charge in [-0.1, -0.05) is 0 Å². The maximum atomic E-state index is 12.8. The van der Waals surface area contributed by atoms with Gasteiger partial charge in [0.05, 0.1) is 29.9 Å². The first-order chi connectivity index (χ1) is 10.4. The smallest absolute Gasteiger partial charge is 0.243 e. The molecule has 3 rings (SSSR count). The lowest BCUT2D eigenvalue weighted by Gasteiger charge is -2.26. The van der Waals surface area contributed by atoms with E-state index < -0.39 is 10.0 Å². The second-order valence-electron chi connectivity index (χ2n) is 5.40. The Bertz CT molecular complexity index is 794. The Kier molecular flexibility index (Phi) is 3.70. The van der Waals surface area contributed by atoms with E-state index in [0.29, 0.717) is 25.3 Å². The normalized spacial score (nSPS) is 15.6. The second kappa shape index (κ2) is 5.40. The third-order valence-electron chi connectivity index (χ3n) is 4.11. The fourth-order valence-electron chi connectivity index (χ4n) is 2.86. The Labute approximate surface area is 130 Å². The van der Waals surface area contributed by atoms with Crippen molar-refractivity contribution in [3.05, 3.63) is 41.2 Å². The lowest BCUT2D eigenvalue weighted by molar-refractivity contribution is 0.379. The van der Waals surface area contributed by atoms with Crippen LogP contribution in [0.5, 0.6) is 5.75 Å². The number of aryl methyl sites for hydroxylation is 2. The number of hydrogen-bond acceptors (Lipinski definition) is 4. The molecule has 0 N–H and O–H groups in total. The highest BCUT2D eigenvalue weighted by molar-refractivity contribution is 7.89. The van der Waals surface area contributed by atoms with Crippen molar-refractivity contribution in [2.75, 3.05) is 13.7 Å². The molecule has 0 bridgehead atoms. The van der Waals surface area contributed by atoms with Crippen molar-refractivity contribution < 1.29 is 13.2 Å². The topological polar surface area (TPSA) is 64.4 Å². The van der Waals surface area contributed by atoms with Gasteiger partial charge in [-0.05, 0) is 43.2 Å². The van der Waals surface area contributed by atoms with Gasteiger partial charge in [-0.3, -0.25) is 4.68 Å². The number of fused-ring (bicyclic) bond motifs is 1. The summed E-state index contributed by atoms with van der Waals surface area (Å²) in [6.45, 7) is 2.81. The fraction of sp³-hybridized carbons (Fsp3) is 0.400. The highest BCUT2D eigenvalue weighted by Crippen LogP contribution is 2.27. The van der Waals surface area contributed by atoms with Crippen LogP contribution in [0.4, 0.5) is 0 Å². The molecule has 0 spiro atoms. The number of methoxy groups -OCH3 is 1. The lowest BCUT2D eigenvalue weighted by Crippen LogP contribution is -2.36. The Balaban J connectivity index is 1.92. The minimum atomic E-state index is -3.50. The first kappa shape index (κ1) is 15.1. The lowest BCUT2D eigenvalue weighted by atomic mass is 10.1. The minimum absolute atomic E-state index is 0.288. The summed E-state index contributed by atoms with van der Waals surface area (Å²) in [6.07, 6.45) is 0.699. The van der Waals surface area contributed by atoms with E-state index in [2.05, 4.69) is 5.10 Å². The largest absolute Gasteiger partial charge is 0.497 e. The molecule has 2 heterocycles.